The van der Waals surface area contributed by atoms with Crippen LogP contribution in [0.3, 0.4) is 0 Å². The van der Waals surface area contributed by atoms with Crippen LogP contribution in [-0.2, 0) is 17.5 Å². The zero-order chi connectivity index (χ0) is 24.1. The van der Waals surface area contributed by atoms with E-state index in [1.807, 2.05) is 44.2 Å². The molecule has 3 N–H and O–H groups in total. The number of benzene rings is 2. The first-order chi connectivity index (χ1) is 16.2. The molecule has 4 aromatic rings. The third-order valence-corrected chi connectivity index (χ3v) is 6.87. The Balaban J connectivity index is 1.81. The Hall–Kier alpha value is -3.49. The average molecular weight is 478 g/mol. The first-order valence-electron chi connectivity index (χ1n) is 10.9. The molecule has 0 fully saturated rings. The molecule has 174 valence electrons. The Labute approximate surface area is 197 Å². The van der Waals surface area contributed by atoms with Crippen molar-refractivity contribution in [2.45, 2.75) is 26.2 Å². The Bertz CT molecular complexity index is 1510. The summed E-state index contributed by atoms with van der Waals surface area (Å²) in [5.41, 5.74) is 6.35. The molecule has 5 rings (SSSR count). The molecule has 6 nitrogen and oxygen atoms in total. The molecule has 0 bridgehead atoms. The highest BCUT2D eigenvalue weighted by Crippen LogP contribution is 2.45. The van der Waals surface area contributed by atoms with Gasteiger partial charge in [-0.3, -0.25) is 4.21 Å². The van der Waals surface area contributed by atoms with Crippen molar-refractivity contribution in [3.05, 3.63) is 76.4 Å². The molecule has 0 saturated carbocycles. The largest absolute Gasteiger partial charge is 0.772 e. The molecule has 34 heavy (non-hydrogen) atoms. The van der Waals surface area contributed by atoms with Crippen LogP contribution < -0.4 is 0 Å². The Morgan fingerprint density at radius 3 is 2.74 bits per heavy atom. The van der Waals surface area contributed by atoms with Crippen molar-refractivity contribution < 1.29 is 23.1 Å². The molecule has 2 aromatic heterocycles. The van der Waals surface area contributed by atoms with Crippen molar-refractivity contribution in [1.82, 2.24) is 9.97 Å². The molecule has 2 aromatic carbocycles. The molecule has 0 amide bonds. The molecule has 8 heteroatoms. The lowest BCUT2D eigenvalue weighted by Gasteiger charge is -2.15. The summed E-state index contributed by atoms with van der Waals surface area (Å²) >= 11 is -2.21. The second-order valence-electron chi connectivity index (χ2n) is 8.82. The van der Waals surface area contributed by atoms with Gasteiger partial charge in [-0.05, 0) is 52.8 Å². The zero-order valence-electron chi connectivity index (χ0n) is 18.6. The number of fused-ring (bicyclic) bond motifs is 2. The zero-order valence-corrected chi connectivity index (χ0v) is 19.4. The van der Waals surface area contributed by atoms with Gasteiger partial charge in [0, 0.05) is 34.0 Å². The average Bonchev–Trinajstić information content (AvgIpc) is 3.47. The van der Waals surface area contributed by atoms with E-state index in [2.05, 4.69) is 9.97 Å². The lowest BCUT2D eigenvalue weighted by molar-refractivity contribution is 0.0692. The number of carboxylic acid groups (broad SMARTS) is 1. The predicted octanol–water partition coefficient (Wildman–Crippen LogP) is 5.61. The van der Waals surface area contributed by atoms with Gasteiger partial charge in [-0.25, -0.2) is 9.18 Å². The lowest BCUT2D eigenvalue weighted by atomic mass is 9.87. The van der Waals surface area contributed by atoms with Gasteiger partial charge in [0.15, 0.2) is 0 Å². The van der Waals surface area contributed by atoms with E-state index in [0.717, 1.165) is 33.2 Å². The summed E-state index contributed by atoms with van der Waals surface area (Å²) in [5.74, 6) is -1.69. The van der Waals surface area contributed by atoms with Crippen LogP contribution >= 0.6 is 0 Å². The molecule has 0 radical (unpaired) electrons. The van der Waals surface area contributed by atoms with E-state index >= 15 is 0 Å². The number of halogens is 1. The smallest absolute Gasteiger partial charge is 0.352 e. The molecule has 0 aliphatic heterocycles. The molecule has 0 spiro atoms. The summed E-state index contributed by atoms with van der Waals surface area (Å²) in [6.07, 6.45) is 4.07. The minimum absolute atomic E-state index is 0.0225. The number of rotatable bonds is 6. The maximum atomic E-state index is 14.5. The fraction of sp³-hybridized carbons (Fsp3) is 0.192. The van der Waals surface area contributed by atoms with Crippen LogP contribution in [0.15, 0.2) is 48.2 Å². The van der Waals surface area contributed by atoms with E-state index in [-0.39, 0.29) is 17.4 Å². The predicted molar refractivity (Wildman–Crippen MR) is 130 cm³/mol. The SMILES string of the molecule is CC(C)c1c(-c2cc(F)cc3[nH]ccc23)[nH]c(C(=O)O)c1-c1cccc2c1C=C(CS(=O)[O-])C2. The maximum Gasteiger partial charge on any atom is 0.352 e. The Morgan fingerprint density at radius 1 is 1.24 bits per heavy atom. The van der Waals surface area contributed by atoms with Gasteiger partial charge in [0.2, 0.25) is 0 Å². The fourth-order valence-electron chi connectivity index (χ4n) is 4.98. The van der Waals surface area contributed by atoms with Gasteiger partial charge in [-0.15, -0.1) is 0 Å². The standard InChI is InChI=1S/C26H23FN2O4S/c1-13(2)22-23(18-5-3-4-15-8-14(9-19(15)18)12-34(32)33)25(26(30)31)29-24(22)20-10-16(27)11-21-17(20)6-7-28-21/h3-7,9-11,13,28-29H,8,12H2,1-2H3,(H,30,31)(H,32,33)/p-1. The summed E-state index contributed by atoms with van der Waals surface area (Å²) in [5, 5.41) is 10.9. The summed E-state index contributed by atoms with van der Waals surface area (Å²) < 4.78 is 37.0. The number of aromatic nitrogens is 2. The monoisotopic (exact) mass is 477 g/mol. The summed E-state index contributed by atoms with van der Waals surface area (Å²) in [6, 6.07) is 10.3. The number of nitrogens with one attached hydrogen (secondary N) is 2. The number of hydrogen-bond donors (Lipinski definition) is 3. The third kappa shape index (κ3) is 3.69. The van der Waals surface area contributed by atoms with E-state index < -0.39 is 22.9 Å². The second-order valence-corrected chi connectivity index (χ2v) is 9.72. The van der Waals surface area contributed by atoms with Crippen molar-refractivity contribution in [2.75, 3.05) is 5.75 Å². The number of H-pyrrole nitrogens is 2. The highest BCUT2D eigenvalue weighted by Gasteiger charge is 2.29. The van der Waals surface area contributed by atoms with Gasteiger partial charge in [-0.1, -0.05) is 54.8 Å². The summed E-state index contributed by atoms with van der Waals surface area (Å²) in [4.78, 5) is 18.5. The number of hydrogen-bond acceptors (Lipinski definition) is 3. The van der Waals surface area contributed by atoms with Gasteiger partial charge in [-0.2, -0.15) is 0 Å². The number of aromatic amines is 2. The summed E-state index contributed by atoms with van der Waals surface area (Å²) in [6.45, 7) is 3.95. The third-order valence-electron chi connectivity index (χ3n) is 6.27. The van der Waals surface area contributed by atoms with Gasteiger partial charge in [0.1, 0.15) is 11.5 Å². The fourth-order valence-corrected chi connectivity index (χ4v) is 5.47. The summed E-state index contributed by atoms with van der Waals surface area (Å²) in [7, 11) is 0. The first-order valence-corrected chi connectivity index (χ1v) is 12.1. The van der Waals surface area contributed by atoms with E-state index in [1.165, 1.54) is 12.1 Å². The molecule has 1 atom stereocenters. The molecule has 1 aliphatic rings. The maximum absolute atomic E-state index is 14.5. The number of carbonyl (C=O) groups is 1. The van der Waals surface area contributed by atoms with Crippen LogP contribution in [0.4, 0.5) is 4.39 Å². The Kier molecular flexibility index (Phi) is 5.50. The lowest BCUT2D eigenvalue weighted by Crippen LogP contribution is -2.01. The minimum Gasteiger partial charge on any atom is -0.772 e. The van der Waals surface area contributed by atoms with Crippen LogP contribution in [-0.4, -0.2) is 35.6 Å². The van der Waals surface area contributed by atoms with Gasteiger partial charge < -0.3 is 19.6 Å². The Morgan fingerprint density at radius 2 is 2.03 bits per heavy atom. The van der Waals surface area contributed by atoms with Gasteiger partial charge in [0.05, 0.1) is 5.69 Å². The molecule has 1 aliphatic carbocycles. The normalized spacial score (nSPS) is 14.0. The van der Waals surface area contributed by atoms with Crippen LogP contribution in [0.5, 0.6) is 0 Å². The topological polar surface area (TPSA) is 109 Å². The van der Waals surface area contributed by atoms with Crippen molar-refractivity contribution in [2.24, 2.45) is 0 Å². The minimum atomic E-state index is -2.21. The van der Waals surface area contributed by atoms with E-state index in [9.17, 15) is 23.1 Å². The molecular formula is C26H22FN2O4S-. The van der Waals surface area contributed by atoms with E-state index in [0.29, 0.717) is 28.8 Å². The van der Waals surface area contributed by atoms with Crippen molar-refractivity contribution >= 4 is 34.0 Å². The van der Waals surface area contributed by atoms with Crippen LogP contribution in [0.1, 0.15) is 46.9 Å². The molecule has 2 heterocycles. The van der Waals surface area contributed by atoms with Gasteiger partial charge >= 0.3 is 5.97 Å². The van der Waals surface area contributed by atoms with Crippen molar-refractivity contribution in [1.29, 1.82) is 0 Å². The van der Waals surface area contributed by atoms with Crippen molar-refractivity contribution in [3.63, 3.8) is 0 Å². The van der Waals surface area contributed by atoms with E-state index in [1.54, 1.807) is 6.20 Å². The van der Waals surface area contributed by atoms with Crippen LogP contribution in [0.2, 0.25) is 0 Å². The molecule has 1 unspecified atom stereocenters. The highest BCUT2D eigenvalue weighted by atomic mass is 32.2. The van der Waals surface area contributed by atoms with E-state index in [4.69, 9.17) is 0 Å². The second kappa shape index (κ2) is 8.38. The molecular weight excluding hydrogens is 455 g/mol. The number of aromatic carboxylic acids is 1. The molecule has 0 saturated heterocycles. The van der Waals surface area contributed by atoms with Gasteiger partial charge in [0.25, 0.3) is 0 Å². The highest BCUT2D eigenvalue weighted by molar-refractivity contribution is 7.79. The van der Waals surface area contributed by atoms with Crippen LogP contribution in [0.25, 0.3) is 39.4 Å². The van der Waals surface area contributed by atoms with Crippen LogP contribution in [0, 0.1) is 5.82 Å². The number of carboxylic acids is 1. The quantitative estimate of drug-likeness (QED) is 0.314. The first kappa shape index (κ1) is 22.3. The van der Waals surface area contributed by atoms with Crippen molar-refractivity contribution in [3.8, 4) is 22.4 Å².